The zero-order valence-corrected chi connectivity index (χ0v) is 32.8. The first-order valence-electron chi connectivity index (χ1n) is 18.2. The van der Waals surface area contributed by atoms with Crippen LogP contribution in [0, 0.1) is 20.8 Å². The van der Waals surface area contributed by atoms with Crippen molar-refractivity contribution in [2.75, 3.05) is 20.3 Å². The lowest BCUT2D eigenvalue weighted by molar-refractivity contribution is -0.147. The Morgan fingerprint density at radius 3 is 2.20 bits per heavy atom. The van der Waals surface area contributed by atoms with Crippen LogP contribution in [0.4, 0.5) is 4.79 Å². The largest absolute Gasteiger partial charge is 0.497 e. The Morgan fingerprint density at radius 2 is 1.56 bits per heavy atom. The number of esters is 1. The summed E-state index contributed by atoms with van der Waals surface area (Å²) in [5, 5.41) is 2.68. The average molecular weight is 769 g/mol. The van der Waals surface area contributed by atoms with Gasteiger partial charge in [0.05, 0.1) is 12.0 Å². The first kappa shape index (κ1) is 39.1. The molecule has 2 aliphatic rings. The van der Waals surface area contributed by atoms with Gasteiger partial charge in [-0.05, 0) is 104 Å². The minimum absolute atomic E-state index is 0.0246. The van der Waals surface area contributed by atoms with Crippen LogP contribution in [0.1, 0.15) is 71.6 Å². The number of guanidine groups is 1. The number of nitrogens with zero attached hydrogens (tertiary/aromatic N) is 1. The molecule has 0 unspecified atom stereocenters. The maximum Gasteiger partial charge on any atom is 0.407 e. The van der Waals surface area contributed by atoms with E-state index in [1.165, 1.54) is 0 Å². The van der Waals surface area contributed by atoms with Crippen molar-refractivity contribution in [2.45, 2.75) is 82.9 Å². The molecule has 1 heterocycles. The Labute approximate surface area is 322 Å². The molecule has 4 aromatic carbocycles. The fourth-order valence-electron chi connectivity index (χ4n) is 7.37. The summed E-state index contributed by atoms with van der Waals surface area (Å²) in [5.74, 6) is 0.277. The second kappa shape index (κ2) is 16.0. The summed E-state index contributed by atoms with van der Waals surface area (Å²) >= 11 is 0. The van der Waals surface area contributed by atoms with E-state index >= 15 is 0 Å². The van der Waals surface area contributed by atoms with Crippen molar-refractivity contribution in [3.63, 3.8) is 0 Å². The van der Waals surface area contributed by atoms with E-state index in [0.29, 0.717) is 23.3 Å². The van der Waals surface area contributed by atoms with Crippen molar-refractivity contribution < 1.29 is 37.0 Å². The summed E-state index contributed by atoms with van der Waals surface area (Å²) in [5.41, 5.74) is 13.5. The fraction of sp³-hybridized carbons (Fsp3) is 0.357. The molecule has 1 aliphatic carbocycles. The fourth-order valence-corrected chi connectivity index (χ4v) is 8.90. The second-order valence-electron chi connectivity index (χ2n) is 14.5. The lowest BCUT2D eigenvalue weighted by Crippen LogP contribution is -2.42. The van der Waals surface area contributed by atoms with Crippen molar-refractivity contribution in [1.29, 1.82) is 0 Å². The minimum atomic E-state index is -4.09. The zero-order chi connectivity index (χ0) is 39.5. The van der Waals surface area contributed by atoms with Crippen molar-refractivity contribution in [2.24, 2.45) is 10.7 Å². The van der Waals surface area contributed by atoms with Crippen LogP contribution < -0.4 is 25.2 Å². The van der Waals surface area contributed by atoms with Crippen LogP contribution >= 0.6 is 0 Å². The highest BCUT2D eigenvalue weighted by atomic mass is 32.2. The lowest BCUT2D eigenvalue weighted by atomic mass is 9.94. The number of methoxy groups -OCH3 is 1. The minimum Gasteiger partial charge on any atom is -0.497 e. The van der Waals surface area contributed by atoms with Crippen LogP contribution in [0.5, 0.6) is 11.5 Å². The molecule has 0 saturated heterocycles. The Kier molecular flexibility index (Phi) is 11.4. The Bertz CT molecular complexity index is 2190. The maximum atomic E-state index is 13.6. The molecule has 55 heavy (non-hydrogen) atoms. The number of aliphatic imine (C=N–C) groups is 1. The van der Waals surface area contributed by atoms with Gasteiger partial charge in [0, 0.05) is 24.4 Å². The molecule has 6 rings (SSSR count). The summed E-state index contributed by atoms with van der Waals surface area (Å²) in [6.45, 7) is 9.41. The van der Waals surface area contributed by atoms with Gasteiger partial charge in [-0.3, -0.25) is 4.99 Å². The summed E-state index contributed by atoms with van der Waals surface area (Å²) in [7, 11) is -2.53. The highest BCUT2D eigenvalue weighted by molar-refractivity contribution is 7.90. The molecule has 12 nitrogen and oxygen atoms in total. The van der Waals surface area contributed by atoms with Gasteiger partial charge in [-0.25, -0.2) is 22.7 Å². The predicted octanol–water partition coefficient (Wildman–Crippen LogP) is 6.36. The molecule has 4 N–H and O–H groups in total. The van der Waals surface area contributed by atoms with E-state index in [2.05, 4.69) is 27.2 Å². The molecule has 290 valence electrons. The van der Waals surface area contributed by atoms with E-state index in [0.717, 1.165) is 44.7 Å². The van der Waals surface area contributed by atoms with Gasteiger partial charge in [-0.2, -0.15) is 0 Å². The first-order valence-corrected chi connectivity index (χ1v) is 19.7. The topological polar surface area (TPSA) is 168 Å². The number of hydrogen-bond acceptors (Lipinski definition) is 9. The first-order chi connectivity index (χ1) is 26.2. The number of carbonyl (C=O) groups is 2. The number of amides is 1. The number of nitrogens with one attached hydrogen (secondary N) is 2. The Balaban J connectivity index is 1.10. The third kappa shape index (κ3) is 8.57. The molecular weight excluding hydrogens is 721 g/mol. The monoisotopic (exact) mass is 768 g/mol. The van der Waals surface area contributed by atoms with E-state index in [1.807, 2.05) is 57.2 Å². The van der Waals surface area contributed by atoms with Crippen LogP contribution in [0.15, 0.2) is 82.7 Å². The van der Waals surface area contributed by atoms with Crippen LogP contribution in [-0.4, -0.2) is 58.3 Å². The van der Waals surface area contributed by atoms with Crippen LogP contribution in [0.2, 0.25) is 0 Å². The van der Waals surface area contributed by atoms with Gasteiger partial charge in [0.1, 0.15) is 36.4 Å². The number of alkyl carbamates (subject to hydrolysis) is 1. The highest BCUT2D eigenvalue weighted by Gasteiger charge is 2.37. The summed E-state index contributed by atoms with van der Waals surface area (Å²) < 4.78 is 52.3. The molecule has 0 bridgehead atoms. The number of fused-ring (bicyclic) bond motifs is 4. The summed E-state index contributed by atoms with van der Waals surface area (Å²) in [6.07, 6.45) is 0.187. The van der Waals surface area contributed by atoms with Gasteiger partial charge in [-0.1, -0.05) is 60.7 Å². The molecule has 0 aromatic heterocycles. The summed E-state index contributed by atoms with van der Waals surface area (Å²) in [6, 6.07) is 22.0. The molecule has 0 radical (unpaired) electrons. The van der Waals surface area contributed by atoms with Crippen molar-refractivity contribution in [1.82, 2.24) is 10.0 Å². The third-order valence-corrected chi connectivity index (χ3v) is 11.8. The number of rotatable bonds is 13. The molecule has 0 spiro atoms. The normalized spacial score (nSPS) is 14.9. The molecule has 4 aromatic rings. The molecule has 0 saturated carbocycles. The second-order valence-corrected chi connectivity index (χ2v) is 16.2. The molecular formula is C42H48N4O8S. The van der Waals surface area contributed by atoms with Gasteiger partial charge in [0.15, 0.2) is 0 Å². The Hall–Kier alpha value is -5.56. The maximum absolute atomic E-state index is 13.6. The quantitative estimate of drug-likeness (QED) is 0.0607. The smallest absolute Gasteiger partial charge is 0.407 e. The van der Waals surface area contributed by atoms with Crippen LogP contribution in [0.25, 0.3) is 11.1 Å². The number of hydrogen-bond donors (Lipinski definition) is 3. The van der Waals surface area contributed by atoms with Gasteiger partial charge >= 0.3 is 12.1 Å². The van der Waals surface area contributed by atoms with E-state index in [-0.39, 0.29) is 49.4 Å². The van der Waals surface area contributed by atoms with Gasteiger partial charge in [0.25, 0.3) is 10.0 Å². The van der Waals surface area contributed by atoms with E-state index in [9.17, 15) is 18.0 Å². The highest BCUT2D eigenvalue weighted by Crippen LogP contribution is 2.45. The van der Waals surface area contributed by atoms with Crippen LogP contribution in [-0.2, 0) is 37.3 Å². The summed E-state index contributed by atoms with van der Waals surface area (Å²) in [4.78, 5) is 31.0. The lowest BCUT2D eigenvalue weighted by Gasteiger charge is -2.19. The van der Waals surface area contributed by atoms with E-state index < -0.39 is 33.7 Å². The average Bonchev–Trinajstić information content (AvgIpc) is 3.67. The SMILES string of the molecule is COc1ccc(COC(=O)[C@@H](CCCN=C(N)NS(=O)(=O)c2c(C)c(C)c3c(c2C)CC(C)(C)O3)NC(=O)OCC2c3ccccc3-c3ccccc32)cc1. The molecule has 0 fully saturated rings. The zero-order valence-electron chi connectivity index (χ0n) is 32.0. The molecule has 1 amide bonds. The molecule has 13 heteroatoms. The van der Waals surface area contributed by atoms with Crippen LogP contribution in [0.3, 0.4) is 0 Å². The molecule has 1 aliphatic heterocycles. The van der Waals surface area contributed by atoms with Crippen molar-refractivity contribution in [3.05, 3.63) is 112 Å². The number of benzene rings is 4. The standard InChI is InChI=1S/C42H48N4O8S/c1-25-26(2)38(27(3)34-22-42(4,5)54-37(25)34)55(49,50)46-40(43)44-21-11-16-36(39(47)52-23-28-17-19-29(51-6)20-18-28)45-41(48)53-24-35-32-14-9-7-12-30(32)31-13-8-10-15-33(31)35/h7-10,12-15,17-20,35-36H,11,16,21-24H2,1-6H3,(H,45,48)(H3,43,44,46)/t36-/m1/s1. The van der Waals surface area contributed by atoms with E-state index in [4.69, 9.17) is 24.7 Å². The Morgan fingerprint density at radius 1 is 0.927 bits per heavy atom. The predicted molar refractivity (Wildman–Crippen MR) is 210 cm³/mol. The molecule has 1 atom stereocenters. The van der Waals surface area contributed by atoms with Crippen molar-refractivity contribution >= 4 is 28.0 Å². The number of nitrogens with two attached hydrogens (primary N) is 1. The van der Waals surface area contributed by atoms with Gasteiger partial charge < -0.3 is 30.0 Å². The number of carbonyl (C=O) groups excluding carboxylic acids is 2. The van der Waals surface area contributed by atoms with Gasteiger partial charge in [-0.15, -0.1) is 0 Å². The third-order valence-electron chi connectivity index (χ3n) is 10.2. The van der Waals surface area contributed by atoms with Crippen molar-refractivity contribution in [3.8, 4) is 22.6 Å². The van der Waals surface area contributed by atoms with Gasteiger partial charge in [0.2, 0.25) is 5.96 Å². The number of ether oxygens (including phenoxy) is 4. The van der Waals surface area contributed by atoms with E-state index in [1.54, 1.807) is 45.2 Å². The number of sulfonamides is 1.